The smallest absolute Gasteiger partial charge is 0.401 e. The first-order valence-electron chi connectivity index (χ1n) is 9.62. The van der Waals surface area contributed by atoms with Crippen LogP contribution in [0.1, 0.15) is 53.8 Å². The van der Waals surface area contributed by atoms with Crippen LogP contribution < -0.4 is 21.7 Å². The second kappa shape index (κ2) is 7.16. The highest BCUT2D eigenvalue weighted by Gasteiger charge is 2.34. The molecule has 2 aromatic rings. The van der Waals surface area contributed by atoms with Gasteiger partial charge in [-0.05, 0) is 37.5 Å². The SMILES string of the molecule is Cc1c(C(N)=O)cc2c(c1N)NC(=Cc1ccc([N+](=O)[O-])o1)N2C1CCCCC1. The van der Waals surface area contributed by atoms with Crippen LogP contribution in [0.25, 0.3) is 6.08 Å². The van der Waals surface area contributed by atoms with Gasteiger partial charge < -0.3 is 26.1 Å². The van der Waals surface area contributed by atoms with Gasteiger partial charge in [0.25, 0.3) is 0 Å². The first-order valence-corrected chi connectivity index (χ1v) is 9.62. The normalized spacial score (nSPS) is 18.0. The van der Waals surface area contributed by atoms with E-state index in [9.17, 15) is 14.9 Å². The third-order valence-corrected chi connectivity index (χ3v) is 5.66. The summed E-state index contributed by atoms with van der Waals surface area (Å²) in [7, 11) is 0. The number of carbonyl (C=O) groups excluding carboxylic acids is 1. The molecule has 1 aliphatic heterocycles. The van der Waals surface area contributed by atoms with Crippen molar-refractivity contribution in [3.8, 4) is 0 Å². The third-order valence-electron chi connectivity index (χ3n) is 5.66. The molecule has 2 heterocycles. The van der Waals surface area contributed by atoms with E-state index in [1.54, 1.807) is 25.1 Å². The number of amides is 1. The number of carbonyl (C=O) groups is 1. The highest BCUT2D eigenvalue weighted by Crippen LogP contribution is 2.46. The minimum Gasteiger partial charge on any atom is -0.401 e. The predicted octanol–water partition coefficient (Wildman–Crippen LogP) is 3.74. The van der Waals surface area contributed by atoms with Crippen LogP contribution in [0, 0.1) is 17.0 Å². The Morgan fingerprint density at radius 3 is 2.69 bits per heavy atom. The average Bonchev–Trinajstić information content (AvgIpc) is 3.30. The molecule has 0 radical (unpaired) electrons. The average molecular weight is 397 g/mol. The Hall–Kier alpha value is -3.49. The molecule has 2 aliphatic rings. The van der Waals surface area contributed by atoms with Gasteiger partial charge in [0.15, 0.2) is 0 Å². The van der Waals surface area contributed by atoms with Crippen LogP contribution in [0.5, 0.6) is 0 Å². The number of primary amides is 1. The minimum absolute atomic E-state index is 0.219. The van der Waals surface area contributed by atoms with Crippen LogP contribution in [-0.4, -0.2) is 16.9 Å². The molecule has 1 fully saturated rings. The van der Waals surface area contributed by atoms with E-state index in [1.807, 2.05) is 0 Å². The maximum atomic E-state index is 11.9. The molecule has 9 heteroatoms. The van der Waals surface area contributed by atoms with E-state index in [4.69, 9.17) is 15.9 Å². The molecule has 0 unspecified atom stereocenters. The second-order valence-corrected chi connectivity index (χ2v) is 7.47. The number of nitro groups is 1. The van der Waals surface area contributed by atoms with Crippen molar-refractivity contribution in [3.05, 3.63) is 51.0 Å². The van der Waals surface area contributed by atoms with Crippen molar-refractivity contribution in [1.82, 2.24) is 0 Å². The lowest BCUT2D eigenvalue weighted by atomic mass is 9.93. The summed E-state index contributed by atoms with van der Waals surface area (Å²) in [6.07, 6.45) is 7.13. The maximum absolute atomic E-state index is 11.9. The van der Waals surface area contributed by atoms with Crippen LogP contribution in [-0.2, 0) is 0 Å². The van der Waals surface area contributed by atoms with Crippen molar-refractivity contribution in [2.45, 2.75) is 45.1 Å². The fourth-order valence-electron chi connectivity index (χ4n) is 4.17. The summed E-state index contributed by atoms with van der Waals surface area (Å²) < 4.78 is 5.31. The van der Waals surface area contributed by atoms with Gasteiger partial charge in [0.05, 0.1) is 23.1 Å². The summed E-state index contributed by atoms with van der Waals surface area (Å²) in [5.74, 6) is 0.227. The summed E-state index contributed by atoms with van der Waals surface area (Å²) in [5, 5.41) is 14.3. The lowest BCUT2D eigenvalue weighted by molar-refractivity contribution is -0.402. The molecule has 29 heavy (non-hydrogen) atoms. The molecular formula is C20H23N5O4. The molecule has 0 spiro atoms. The van der Waals surface area contributed by atoms with Crippen LogP contribution in [0.3, 0.4) is 0 Å². The Morgan fingerprint density at radius 2 is 2.07 bits per heavy atom. The number of nitrogens with one attached hydrogen (secondary N) is 1. The number of anilines is 3. The van der Waals surface area contributed by atoms with Gasteiger partial charge in [0, 0.05) is 17.7 Å². The van der Waals surface area contributed by atoms with Crippen LogP contribution >= 0.6 is 0 Å². The molecule has 1 amide bonds. The number of rotatable bonds is 4. The first kappa shape index (κ1) is 18.9. The largest absolute Gasteiger partial charge is 0.433 e. The Labute approximate surface area is 167 Å². The minimum atomic E-state index is -0.571. The van der Waals surface area contributed by atoms with Crippen molar-refractivity contribution >= 4 is 34.9 Å². The van der Waals surface area contributed by atoms with Crippen molar-refractivity contribution < 1.29 is 14.1 Å². The molecule has 1 aromatic heterocycles. The van der Waals surface area contributed by atoms with E-state index in [-0.39, 0.29) is 11.9 Å². The van der Waals surface area contributed by atoms with Crippen molar-refractivity contribution in [3.63, 3.8) is 0 Å². The zero-order valence-corrected chi connectivity index (χ0v) is 16.1. The molecule has 9 nitrogen and oxygen atoms in total. The summed E-state index contributed by atoms with van der Waals surface area (Å²) >= 11 is 0. The zero-order valence-electron chi connectivity index (χ0n) is 16.1. The van der Waals surface area contributed by atoms with E-state index in [2.05, 4.69) is 10.2 Å². The van der Waals surface area contributed by atoms with E-state index in [0.29, 0.717) is 34.1 Å². The first-order chi connectivity index (χ1) is 13.9. The molecule has 0 atom stereocenters. The number of hydrogen-bond donors (Lipinski definition) is 3. The molecule has 5 N–H and O–H groups in total. The number of fused-ring (bicyclic) bond motifs is 1. The highest BCUT2D eigenvalue weighted by molar-refractivity contribution is 6.03. The number of hydrogen-bond acceptors (Lipinski definition) is 7. The fraction of sp³-hybridized carbons (Fsp3) is 0.350. The topological polar surface area (TPSA) is 141 Å². The summed E-state index contributed by atoms with van der Waals surface area (Å²) in [4.78, 5) is 24.4. The van der Waals surface area contributed by atoms with E-state index in [1.165, 1.54) is 12.5 Å². The van der Waals surface area contributed by atoms with Gasteiger partial charge in [0.1, 0.15) is 16.5 Å². The monoisotopic (exact) mass is 397 g/mol. The van der Waals surface area contributed by atoms with E-state index < -0.39 is 10.8 Å². The standard InChI is InChI=1S/C20H23N5O4/c1-11-14(20(22)26)10-15-19(18(11)21)23-16(24(15)12-5-3-2-4-6-12)9-13-7-8-17(29-13)25(27)28/h7-10,12,23H,2-6,21H2,1H3,(H2,22,26). The lowest BCUT2D eigenvalue weighted by Gasteiger charge is -2.33. The molecule has 1 aliphatic carbocycles. The van der Waals surface area contributed by atoms with Crippen LogP contribution in [0.2, 0.25) is 0 Å². The number of benzene rings is 1. The van der Waals surface area contributed by atoms with Gasteiger partial charge in [0.2, 0.25) is 5.91 Å². The number of nitrogens with two attached hydrogens (primary N) is 2. The van der Waals surface area contributed by atoms with Gasteiger partial charge in [-0.15, -0.1) is 0 Å². The van der Waals surface area contributed by atoms with Gasteiger partial charge in [-0.1, -0.05) is 19.3 Å². The van der Waals surface area contributed by atoms with E-state index >= 15 is 0 Å². The fourth-order valence-corrected chi connectivity index (χ4v) is 4.17. The van der Waals surface area contributed by atoms with Gasteiger partial charge in [-0.3, -0.25) is 14.9 Å². The number of nitrogen functional groups attached to an aromatic ring is 1. The van der Waals surface area contributed by atoms with Gasteiger partial charge in [-0.2, -0.15) is 0 Å². The van der Waals surface area contributed by atoms with Crippen molar-refractivity contribution in [2.24, 2.45) is 5.73 Å². The summed E-state index contributed by atoms with van der Waals surface area (Å²) in [5.41, 5.74) is 14.9. The number of furan rings is 1. The maximum Gasteiger partial charge on any atom is 0.433 e. The Bertz CT molecular complexity index is 1020. The second-order valence-electron chi connectivity index (χ2n) is 7.47. The molecule has 0 saturated heterocycles. The number of nitrogens with zero attached hydrogens (tertiary/aromatic N) is 2. The lowest BCUT2D eigenvalue weighted by Crippen LogP contribution is -2.35. The highest BCUT2D eigenvalue weighted by atomic mass is 16.6. The van der Waals surface area contributed by atoms with Gasteiger partial charge in [-0.25, -0.2) is 0 Å². The Morgan fingerprint density at radius 1 is 1.34 bits per heavy atom. The summed E-state index contributed by atoms with van der Waals surface area (Å²) in [6.45, 7) is 1.76. The third kappa shape index (κ3) is 3.28. The molecule has 4 rings (SSSR count). The molecule has 1 saturated carbocycles. The zero-order chi connectivity index (χ0) is 20.7. The molecule has 1 aromatic carbocycles. The van der Waals surface area contributed by atoms with E-state index in [0.717, 1.165) is 31.4 Å². The Balaban J connectivity index is 1.82. The Kier molecular flexibility index (Phi) is 4.65. The molecular weight excluding hydrogens is 374 g/mol. The van der Waals surface area contributed by atoms with Gasteiger partial charge >= 0.3 is 5.88 Å². The van der Waals surface area contributed by atoms with Crippen molar-refractivity contribution in [2.75, 3.05) is 16.0 Å². The van der Waals surface area contributed by atoms with Crippen molar-refractivity contribution in [1.29, 1.82) is 0 Å². The molecule has 152 valence electrons. The molecule has 0 bridgehead atoms. The predicted molar refractivity (Wildman–Crippen MR) is 110 cm³/mol. The summed E-state index contributed by atoms with van der Waals surface area (Å²) in [6, 6.07) is 4.87. The quantitative estimate of drug-likeness (QED) is 0.405. The van der Waals surface area contributed by atoms with Crippen LogP contribution in [0.15, 0.2) is 28.4 Å². The van der Waals surface area contributed by atoms with Crippen LogP contribution in [0.4, 0.5) is 22.9 Å².